The Morgan fingerprint density at radius 3 is 2.39 bits per heavy atom. The molecule has 2 aromatic carbocycles. The van der Waals surface area contributed by atoms with Gasteiger partial charge in [0.25, 0.3) is 0 Å². The number of likely N-dealkylation sites (tertiary alicyclic amines) is 1. The van der Waals surface area contributed by atoms with E-state index >= 15 is 0 Å². The standard InChI is InChI=1S/C25H22N4O4/c30-22-14-18-8-4-5-9-19(18)25(33-22)10-12-29(13-11-25)24(32)28-21-16-26-20(15-27-21)23(31)17-6-2-1-3-7-17/h1-9,15-16H,10-14H2,(H,27,28,32). The molecule has 2 aliphatic rings. The summed E-state index contributed by atoms with van der Waals surface area (Å²) in [5.74, 6) is -0.198. The van der Waals surface area contributed by atoms with Gasteiger partial charge in [-0.3, -0.25) is 14.9 Å². The Kier molecular flexibility index (Phi) is 5.34. The van der Waals surface area contributed by atoms with Crippen LogP contribution in [0.5, 0.6) is 0 Å². The van der Waals surface area contributed by atoms with Crippen molar-refractivity contribution in [3.63, 3.8) is 0 Å². The van der Waals surface area contributed by atoms with Crippen molar-refractivity contribution in [1.82, 2.24) is 14.9 Å². The molecule has 1 N–H and O–H groups in total. The van der Waals surface area contributed by atoms with Crippen molar-refractivity contribution in [2.45, 2.75) is 24.9 Å². The Labute approximate surface area is 190 Å². The lowest BCUT2D eigenvalue weighted by atomic mass is 9.79. The van der Waals surface area contributed by atoms with Crippen LogP contribution in [0.15, 0.2) is 67.0 Å². The first-order chi connectivity index (χ1) is 16.0. The van der Waals surface area contributed by atoms with Gasteiger partial charge in [0.15, 0.2) is 5.82 Å². The van der Waals surface area contributed by atoms with Crippen LogP contribution in [0.4, 0.5) is 10.6 Å². The van der Waals surface area contributed by atoms with Crippen LogP contribution >= 0.6 is 0 Å². The summed E-state index contributed by atoms with van der Waals surface area (Å²) in [6.45, 7) is 0.872. The Bertz CT molecular complexity index is 1200. The van der Waals surface area contributed by atoms with Gasteiger partial charge in [-0.25, -0.2) is 14.8 Å². The second-order valence-electron chi connectivity index (χ2n) is 8.20. The van der Waals surface area contributed by atoms with Crippen LogP contribution in [0.1, 0.15) is 40.0 Å². The third-order valence-electron chi connectivity index (χ3n) is 6.17. The van der Waals surface area contributed by atoms with Crippen molar-refractivity contribution in [3.05, 3.63) is 89.4 Å². The first-order valence-electron chi connectivity index (χ1n) is 10.8. The number of aromatic nitrogens is 2. The lowest BCUT2D eigenvalue weighted by Crippen LogP contribution is -2.50. The molecule has 0 aliphatic carbocycles. The summed E-state index contributed by atoms with van der Waals surface area (Å²) < 4.78 is 5.81. The number of fused-ring (bicyclic) bond motifs is 2. The highest BCUT2D eigenvalue weighted by atomic mass is 16.6. The van der Waals surface area contributed by atoms with Crippen molar-refractivity contribution >= 4 is 23.6 Å². The van der Waals surface area contributed by atoms with E-state index in [1.807, 2.05) is 30.3 Å². The molecule has 3 heterocycles. The highest BCUT2D eigenvalue weighted by Crippen LogP contribution is 2.41. The molecule has 1 spiro atoms. The summed E-state index contributed by atoms with van der Waals surface area (Å²) in [7, 11) is 0. The van der Waals surface area contributed by atoms with Gasteiger partial charge in [-0.2, -0.15) is 0 Å². The zero-order valence-electron chi connectivity index (χ0n) is 17.9. The van der Waals surface area contributed by atoms with Crippen LogP contribution in [0.3, 0.4) is 0 Å². The zero-order chi connectivity index (χ0) is 22.8. The number of carbonyl (C=O) groups is 3. The van der Waals surface area contributed by atoms with Gasteiger partial charge in [-0.1, -0.05) is 54.6 Å². The number of piperidine rings is 1. The molecule has 0 bridgehead atoms. The first-order valence-corrected chi connectivity index (χ1v) is 10.8. The van der Waals surface area contributed by atoms with Crippen LogP contribution in [0, 0.1) is 0 Å². The number of nitrogens with zero attached hydrogens (tertiary/aromatic N) is 3. The molecule has 3 aromatic rings. The number of amides is 2. The van der Waals surface area contributed by atoms with E-state index in [-0.39, 0.29) is 35.7 Å². The third kappa shape index (κ3) is 4.07. The summed E-state index contributed by atoms with van der Waals surface area (Å²) in [6.07, 6.45) is 4.07. The molecule has 166 valence electrons. The van der Waals surface area contributed by atoms with Gasteiger partial charge in [0.05, 0.1) is 18.8 Å². The molecule has 0 unspecified atom stereocenters. The number of hydrogen-bond acceptors (Lipinski definition) is 6. The maximum Gasteiger partial charge on any atom is 0.323 e. The lowest BCUT2D eigenvalue weighted by molar-refractivity contribution is -0.168. The number of benzene rings is 2. The van der Waals surface area contributed by atoms with E-state index in [1.54, 1.807) is 29.2 Å². The van der Waals surface area contributed by atoms with Gasteiger partial charge in [0, 0.05) is 31.5 Å². The quantitative estimate of drug-likeness (QED) is 0.493. The predicted octanol–water partition coefficient (Wildman–Crippen LogP) is 3.33. The van der Waals surface area contributed by atoms with Crippen molar-refractivity contribution in [1.29, 1.82) is 0 Å². The van der Waals surface area contributed by atoms with Crippen molar-refractivity contribution in [3.8, 4) is 0 Å². The molecule has 33 heavy (non-hydrogen) atoms. The molecule has 2 amide bonds. The fourth-order valence-electron chi connectivity index (χ4n) is 4.46. The number of esters is 1. The summed E-state index contributed by atoms with van der Waals surface area (Å²) in [6, 6.07) is 16.4. The van der Waals surface area contributed by atoms with Crippen molar-refractivity contribution < 1.29 is 19.1 Å². The van der Waals surface area contributed by atoms with Gasteiger partial charge >= 0.3 is 12.0 Å². The molecule has 1 fully saturated rings. The van der Waals surface area contributed by atoms with Crippen LogP contribution in [-0.4, -0.2) is 45.7 Å². The van der Waals surface area contributed by atoms with Gasteiger partial charge < -0.3 is 9.64 Å². The molecule has 8 heteroatoms. The van der Waals surface area contributed by atoms with E-state index in [4.69, 9.17) is 4.74 Å². The fraction of sp³-hybridized carbons (Fsp3) is 0.240. The lowest BCUT2D eigenvalue weighted by Gasteiger charge is -2.44. The second-order valence-corrected chi connectivity index (χ2v) is 8.20. The van der Waals surface area contributed by atoms with E-state index in [1.165, 1.54) is 12.4 Å². The Balaban J connectivity index is 1.23. The molecule has 1 saturated heterocycles. The van der Waals surface area contributed by atoms with E-state index in [0.29, 0.717) is 31.5 Å². The van der Waals surface area contributed by atoms with E-state index in [9.17, 15) is 14.4 Å². The number of hydrogen-bond donors (Lipinski definition) is 1. The smallest absolute Gasteiger partial charge is 0.323 e. The van der Waals surface area contributed by atoms with Gasteiger partial charge in [-0.15, -0.1) is 0 Å². The number of ketones is 1. The number of nitrogens with one attached hydrogen (secondary N) is 1. The molecule has 5 rings (SSSR count). The number of ether oxygens (including phenoxy) is 1. The highest BCUT2D eigenvalue weighted by Gasteiger charge is 2.44. The highest BCUT2D eigenvalue weighted by molar-refractivity contribution is 6.07. The minimum atomic E-state index is -0.679. The van der Waals surface area contributed by atoms with E-state index in [0.717, 1.165) is 11.1 Å². The summed E-state index contributed by atoms with van der Waals surface area (Å²) >= 11 is 0. The number of carbonyl (C=O) groups excluding carboxylic acids is 3. The van der Waals surface area contributed by atoms with Gasteiger partial charge in [-0.05, 0) is 11.1 Å². The molecule has 1 aromatic heterocycles. The monoisotopic (exact) mass is 442 g/mol. The van der Waals surface area contributed by atoms with Crippen LogP contribution < -0.4 is 5.32 Å². The second kappa shape index (κ2) is 8.46. The zero-order valence-corrected chi connectivity index (χ0v) is 17.9. The Morgan fingerprint density at radius 2 is 1.67 bits per heavy atom. The molecular weight excluding hydrogens is 420 g/mol. The Morgan fingerprint density at radius 1 is 0.939 bits per heavy atom. The van der Waals surface area contributed by atoms with Crippen LogP contribution in [0.25, 0.3) is 0 Å². The molecule has 0 radical (unpaired) electrons. The average Bonchev–Trinajstić information content (AvgIpc) is 2.85. The predicted molar refractivity (Wildman–Crippen MR) is 120 cm³/mol. The largest absolute Gasteiger partial charge is 0.454 e. The van der Waals surface area contributed by atoms with Gasteiger partial charge in [0.2, 0.25) is 5.78 Å². The van der Waals surface area contributed by atoms with E-state index < -0.39 is 5.60 Å². The maximum atomic E-state index is 12.8. The molecule has 2 aliphatic heterocycles. The topological polar surface area (TPSA) is 101 Å². The average molecular weight is 442 g/mol. The van der Waals surface area contributed by atoms with Gasteiger partial charge in [0.1, 0.15) is 11.3 Å². The number of urea groups is 1. The minimum Gasteiger partial charge on any atom is -0.454 e. The number of anilines is 1. The summed E-state index contributed by atoms with van der Waals surface area (Å²) in [4.78, 5) is 47.4. The first kappa shape index (κ1) is 20.8. The summed E-state index contributed by atoms with van der Waals surface area (Å²) in [5.41, 5.74) is 2.08. The molecular formula is C25H22N4O4. The van der Waals surface area contributed by atoms with Crippen molar-refractivity contribution in [2.24, 2.45) is 0 Å². The number of rotatable bonds is 3. The van der Waals surface area contributed by atoms with E-state index in [2.05, 4.69) is 15.3 Å². The minimum absolute atomic E-state index is 0.205. The van der Waals surface area contributed by atoms with Crippen molar-refractivity contribution in [2.75, 3.05) is 18.4 Å². The SMILES string of the molecule is O=C1Cc2ccccc2C2(CCN(C(=O)Nc3cnc(C(=O)c4ccccc4)cn3)CC2)O1. The molecule has 0 atom stereocenters. The summed E-state index contributed by atoms with van der Waals surface area (Å²) in [5, 5.41) is 2.73. The van der Waals surface area contributed by atoms with Crippen LogP contribution in [-0.2, 0) is 21.6 Å². The molecule has 8 nitrogen and oxygen atoms in total. The van der Waals surface area contributed by atoms with Crippen LogP contribution in [0.2, 0.25) is 0 Å². The normalized spacial score (nSPS) is 16.6. The maximum absolute atomic E-state index is 12.8. The molecule has 0 saturated carbocycles. The Hall–Kier alpha value is -4.07. The fourth-order valence-corrected chi connectivity index (χ4v) is 4.46. The third-order valence-corrected chi connectivity index (χ3v) is 6.17.